The highest BCUT2D eigenvalue weighted by Gasteiger charge is 2.50. The molecule has 158 valence electrons. The molecule has 0 bridgehead atoms. The zero-order valence-electron chi connectivity index (χ0n) is 17.8. The molecule has 0 radical (unpaired) electrons. The average molecular weight is 410 g/mol. The van der Waals surface area contributed by atoms with Gasteiger partial charge in [0.1, 0.15) is 5.75 Å². The fraction of sp³-hybridized carbons (Fsp3) is 0.667. The summed E-state index contributed by atoms with van der Waals surface area (Å²) in [6, 6.07) is 6.78. The summed E-state index contributed by atoms with van der Waals surface area (Å²) in [6.07, 6.45) is -2.33. The van der Waals surface area contributed by atoms with Crippen LogP contribution < -0.4 is 0 Å². The Morgan fingerprint density at radius 2 is 1.54 bits per heavy atom. The van der Waals surface area contributed by atoms with Crippen LogP contribution in [0.2, 0.25) is 16.6 Å². The van der Waals surface area contributed by atoms with Crippen molar-refractivity contribution in [3.05, 3.63) is 29.8 Å². The molecule has 1 aliphatic rings. The quantitative estimate of drug-likeness (QED) is 0.606. The SMILES string of the molecule is CC(C)[Si](O[C@@H]1CN(C(=O)O)C[C@H](O)[C@H]1c1ccc(O)cc1)(C(C)C)C(C)C. The van der Waals surface area contributed by atoms with E-state index in [0.717, 1.165) is 5.56 Å². The maximum atomic E-state index is 11.6. The summed E-state index contributed by atoms with van der Waals surface area (Å²) in [4.78, 5) is 12.9. The molecule has 1 fully saturated rings. The number of aliphatic hydroxyl groups excluding tert-OH is 1. The number of β-amino-alcohol motifs (C(OH)–C–C–N with tert-alkyl or cyclic N) is 1. The number of aliphatic hydroxyl groups is 1. The summed E-state index contributed by atoms with van der Waals surface area (Å²) < 4.78 is 6.92. The first-order valence-electron chi connectivity index (χ1n) is 10.1. The molecular weight excluding hydrogens is 374 g/mol. The summed E-state index contributed by atoms with van der Waals surface area (Å²) in [7, 11) is -2.27. The molecule has 28 heavy (non-hydrogen) atoms. The van der Waals surface area contributed by atoms with E-state index in [4.69, 9.17) is 4.43 Å². The number of carboxylic acid groups (broad SMARTS) is 1. The number of benzene rings is 1. The Balaban J connectivity index is 2.48. The molecule has 0 aliphatic carbocycles. The van der Waals surface area contributed by atoms with Crippen LogP contribution in [0.5, 0.6) is 5.75 Å². The number of hydrogen-bond donors (Lipinski definition) is 3. The molecule has 0 saturated carbocycles. The van der Waals surface area contributed by atoms with Crippen LogP contribution in [0.25, 0.3) is 0 Å². The topological polar surface area (TPSA) is 90.2 Å². The number of aromatic hydroxyl groups is 1. The smallest absolute Gasteiger partial charge is 0.407 e. The molecule has 0 unspecified atom stereocenters. The Morgan fingerprint density at radius 1 is 1.04 bits per heavy atom. The molecule has 0 aromatic heterocycles. The molecule has 0 spiro atoms. The number of phenolic OH excluding ortho intramolecular Hbond substituents is 1. The fourth-order valence-electron chi connectivity index (χ4n) is 5.06. The monoisotopic (exact) mass is 409 g/mol. The minimum absolute atomic E-state index is 0.0559. The lowest BCUT2D eigenvalue weighted by molar-refractivity contribution is -0.0190. The molecule has 3 atom stereocenters. The van der Waals surface area contributed by atoms with Crippen molar-refractivity contribution in [2.24, 2.45) is 0 Å². The molecule has 1 aliphatic heterocycles. The zero-order valence-corrected chi connectivity index (χ0v) is 18.8. The third-order valence-corrected chi connectivity index (χ3v) is 12.4. The number of phenols is 1. The van der Waals surface area contributed by atoms with Crippen LogP contribution in [0.15, 0.2) is 24.3 Å². The highest BCUT2D eigenvalue weighted by Crippen LogP contribution is 2.45. The maximum absolute atomic E-state index is 11.6. The molecule has 1 heterocycles. The van der Waals surface area contributed by atoms with Gasteiger partial charge in [0.2, 0.25) is 8.32 Å². The molecular formula is C21H35NO5Si. The lowest BCUT2D eigenvalue weighted by atomic mass is 9.85. The van der Waals surface area contributed by atoms with Gasteiger partial charge in [-0.3, -0.25) is 0 Å². The van der Waals surface area contributed by atoms with Crippen LogP contribution in [0, 0.1) is 0 Å². The number of likely N-dealkylation sites (tertiary alicyclic amines) is 1. The van der Waals surface area contributed by atoms with Crippen molar-refractivity contribution in [1.82, 2.24) is 4.90 Å². The van der Waals surface area contributed by atoms with E-state index >= 15 is 0 Å². The lowest BCUT2D eigenvalue weighted by Gasteiger charge is -2.49. The molecule has 1 aromatic carbocycles. The Labute approximate surface area is 169 Å². The fourth-order valence-corrected chi connectivity index (χ4v) is 10.6. The first-order valence-corrected chi connectivity index (χ1v) is 12.3. The minimum Gasteiger partial charge on any atom is -0.508 e. The van der Waals surface area contributed by atoms with Gasteiger partial charge in [-0.15, -0.1) is 0 Å². The zero-order chi connectivity index (χ0) is 21.2. The third-order valence-electron chi connectivity index (χ3n) is 6.23. The second-order valence-electron chi connectivity index (χ2n) is 8.85. The van der Waals surface area contributed by atoms with Crippen LogP contribution >= 0.6 is 0 Å². The van der Waals surface area contributed by atoms with E-state index < -0.39 is 26.6 Å². The number of carbonyl (C=O) groups is 1. The minimum atomic E-state index is -2.27. The predicted molar refractivity (Wildman–Crippen MR) is 112 cm³/mol. The second kappa shape index (κ2) is 8.84. The van der Waals surface area contributed by atoms with Gasteiger partial charge in [-0.25, -0.2) is 4.79 Å². The largest absolute Gasteiger partial charge is 0.508 e. The van der Waals surface area contributed by atoms with Crippen molar-refractivity contribution < 1.29 is 24.5 Å². The Morgan fingerprint density at radius 3 is 1.96 bits per heavy atom. The van der Waals surface area contributed by atoms with E-state index in [-0.39, 0.29) is 24.8 Å². The molecule has 1 saturated heterocycles. The average Bonchev–Trinajstić information content (AvgIpc) is 2.59. The summed E-state index contributed by atoms with van der Waals surface area (Å²) in [5, 5.41) is 30.0. The van der Waals surface area contributed by atoms with Gasteiger partial charge in [-0.2, -0.15) is 0 Å². The predicted octanol–water partition coefficient (Wildman–Crippen LogP) is 4.39. The van der Waals surface area contributed by atoms with Crippen LogP contribution in [-0.4, -0.2) is 59.9 Å². The van der Waals surface area contributed by atoms with E-state index in [1.54, 1.807) is 24.3 Å². The Kier molecular flexibility index (Phi) is 7.17. The first-order chi connectivity index (χ1) is 13.0. The third kappa shape index (κ3) is 4.36. The molecule has 7 heteroatoms. The number of hydrogen-bond acceptors (Lipinski definition) is 4. The highest BCUT2D eigenvalue weighted by atomic mass is 28.4. The Hall–Kier alpha value is -1.57. The molecule has 2 rings (SSSR count). The van der Waals surface area contributed by atoms with Crippen molar-refractivity contribution in [2.45, 2.75) is 76.3 Å². The van der Waals surface area contributed by atoms with Crippen molar-refractivity contribution in [2.75, 3.05) is 13.1 Å². The van der Waals surface area contributed by atoms with E-state index in [1.165, 1.54) is 4.90 Å². The summed E-state index contributed by atoms with van der Waals surface area (Å²) in [5.74, 6) is -0.173. The molecule has 1 aromatic rings. The van der Waals surface area contributed by atoms with Crippen LogP contribution in [0.4, 0.5) is 4.79 Å². The van der Waals surface area contributed by atoms with Crippen LogP contribution in [0.3, 0.4) is 0 Å². The molecule has 1 amide bonds. The van der Waals surface area contributed by atoms with Crippen molar-refractivity contribution in [1.29, 1.82) is 0 Å². The number of nitrogens with zero attached hydrogens (tertiary/aromatic N) is 1. The van der Waals surface area contributed by atoms with Gasteiger partial charge in [-0.05, 0) is 34.3 Å². The molecule has 3 N–H and O–H groups in total. The standard InChI is InChI=1S/C21H35NO5Si/c1-13(2)28(14(3)4,15(5)6)27-19-12-22(21(25)26)11-18(24)20(19)16-7-9-17(23)10-8-16/h7-10,13-15,18-20,23-24H,11-12H2,1-6H3,(H,25,26)/t18-,19+,20+/m0/s1. The summed E-state index contributed by atoms with van der Waals surface area (Å²) in [6.45, 7) is 13.4. The summed E-state index contributed by atoms with van der Waals surface area (Å²) >= 11 is 0. The van der Waals surface area contributed by atoms with Gasteiger partial charge in [0.25, 0.3) is 0 Å². The van der Waals surface area contributed by atoms with Gasteiger partial charge in [-0.1, -0.05) is 53.7 Å². The van der Waals surface area contributed by atoms with E-state index in [9.17, 15) is 20.1 Å². The van der Waals surface area contributed by atoms with Gasteiger partial charge < -0.3 is 24.6 Å². The Bertz CT molecular complexity index is 639. The van der Waals surface area contributed by atoms with E-state index in [0.29, 0.717) is 16.6 Å². The van der Waals surface area contributed by atoms with Crippen LogP contribution in [-0.2, 0) is 4.43 Å². The van der Waals surface area contributed by atoms with Gasteiger partial charge in [0.05, 0.1) is 18.8 Å². The van der Waals surface area contributed by atoms with Crippen molar-refractivity contribution in [3.8, 4) is 5.75 Å². The highest BCUT2D eigenvalue weighted by molar-refractivity contribution is 6.77. The van der Waals surface area contributed by atoms with E-state index in [1.807, 2.05) is 0 Å². The van der Waals surface area contributed by atoms with Crippen LogP contribution in [0.1, 0.15) is 53.0 Å². The number of amides is 1. The van der Waals surface area contributed by atoms with Crippen molar-refractivity contribution in [3.63, 3.8) is 0 Å². The van der Waals surface area contributed by atoms with E-state index in [2.05, 4.69) is 41.5 Å². The van der Waals surface area contributed by atoms with Crippen molar-refractivity contribution >= 4 is 14.4 Å². The van der Waals surface area contributed by atoms with Gasteiger partial charge in [0.15, 0.2) is 0 Å². The first kappa shape index (κ1) is 22.7. The van der Waals surface area contributed by atoms with Gasteiger partial charge in [0, 0.05) is 12.5 Å². The number of rotatable bonds is 6. The van der Waals surface area contributed by atoms with Gasteiger partial charge >= 0.3 is 6.09 Å². The summed E-state index contributed by atoms with van der Waals surface area (Å²) in [5.41, 5.74) is 1.92. The normalized spacial score (nSPS) is 23.6. The second-order valence-corrected chi connectivity index (χ2v) is 14.3. The maximum Gasteiger partial charge on any atom is 0.407 e. The number of piperidine rings is 1. The lowest BCUT2D eigenvalue weighted by Crippen LogP contribution is -2.59. The molecule has 6 nitrogen and oxygen atoms in total.